The first-order chi connectivity index (χ1) is 13.0. The summed E-state index contributed by atoms with van der Waals surface area (Å²) in [5.74, 6) is 1.49. The van der Waals surface area contributed by atoms with Gasteiger partial charge in [0.25, 0.3) is 5.91 Å². The van der Waals surface area contributed by atoms with Crippen molar-refractivity contribution in [3.05, 3.63) is 52.4 Å². The first-order valence-electron chi connectivity index (χ1n) is 8.20. The molecule has 1 saturated heterocycles. The minimum Gasteiger partial charge on any atom is -0.496 e. The van der Waals surface area contributed by atoms with Crippen molar-refractivity contribution < 1.29 is 19.0 Å². The van der Waals surface area contributed by atoms with Crippen LogP contribution in [0.1, 0.15) is 11.1 Å². The molecule has 1 aliphatic rings. The predicted octanol–water partition coefficient (Wildman–Crippen LogP) is 3.91. The number of carbonyl (C=O) groups is 1. The molecule has 1 N–H and O–H groups in total. The van der Waals surface area contributed by atoms with E-state index in [1.807, 2.05) is 31.2 Å². The third-order valence-corrected chi connectivity index (χ3v) is 4.85. The highest BCUT2D eigenvalue weighted by Crippen LogP contribution is 2.38. The van der Waals surface area contributed by atoms with Gasteiger partial charge < -0.3 is 19.5 Å². The minimum absolute atomic E-state index is 0.217. The van der Waals surface area contributed by atoms with Crippen LogP contribution in [-0.4, -0.2) is 32.4 Å². The molecule has 0 bridgehead atoms. The van der Waals surface area contributed by atoms with Gasteiger partial charge in [-0.2, -0.15) is 0 Å². The number of benzene rings is 2. The highest BCUT2D eigenvalue weighted by molar-refractivity contribution is 8.18. The van der Waals surface area contributed by atoms with Gasteiger partial charge in [0, 0.05) is 12.1 Å². The first-order valence-corrected chi connectivity index (χ1v) is 9.02. The summed E-state index contributed by atoms with van der Waals surface area (Å²) < 4.78 is 16.1. The molecule has 0 aromatic heterocycles. The predicted molar refractivity (Wildman–Crippen MR) is 108 cm³/mol. The molecule has 0 spiro atoms. The van der Waals surface area contributed by atoms with Crippen LogP contribution in [0, 0.1) is 6.92 Å². The minimum atomic E-state index is -0.217. The fraction of sp³-hybridized carbons (Fsp3) is 0.200. The van der Waals surface area contributed by atoms with Crippen LogP contribution in [0.2, 0.25) is 0 Å². The molecule has 7 heteroatoms. The maximum absolute atomic E-state index is 12.4. The van der Waals surface area contributed by atoms with Crippen molar-refractivity contribution in [2.45, 2.75) is 6.92 Å². The summed E-state index contributed by atoms with van der Waals surface area (Å²) in [5, 5.41) is 3.31. The quantitative estimate of drug-likeness (QED) is 0.792. The van der Waals surface area contributed by atoms with Crippen LogP contribution in [0.4, 0.5) is 5.69 Å². The van der Waals surface area contributed by atoms with E-state index >= 15 is 0 Å². The number of hydrogen-bond donors (Lipinski definition) is 1. The summed E-state index contributed by atoms with van der Waals surface area (Å²) in [5.41, 5.74) is 2.60. The molecule has 27 heavy (non-hydrogen) atoms. The number of thioether (sulfide) groups is 1. The van der Waals surface area contributed by atoms with Gasteiger partial charge in [0.1, 0.15) is 17.2 Å². The second kappa shape index (κ2) is 8.18. The highest BCUT2D eigenvalue weighted by atomic mass is 32.2. The smallest absolute Gasteiger partial charge is 0.264 e. The van der Waals surface area contributed by atoms with Gasteiger partial charge in [-0.1, -0.05) is 17.7 Å². The summed E-state index contributed by atoms with van der Waals surface area (Å²) in [4.78, 5) is 17.3. The van der Waals surface area contributed by atoms with E-state index in [-0.39, 0.29) is 5.91 Å². The lowest BCUT2D eigenvalue weighted by Gasteiger charge is -2.12. The number of ether oxygens (including phenoxy) is 3. The summed E-state index contributed by atoms with van der Waals surface area (Å²) in [6, 6.07) is 11.3. The molecular weight excluding hydrogens is 364 g/mol. The summed E-state index contributed by atoms with van der Waals surface area (Å²) >= 11 is 1.27. The lowest BCUT2D eigenvalue weighted by molar-refractivity contribution is -0.115. The van der Waals surface area contributed by atoms with Gasteiger partial charge in [-0.25, -0.2) is 4.99 Å². The average Bonchev–Trinajstić information content (AvgIpc) is 3.02. The number of carbonyl (C=O) groups excluding carboxylic acids is 1. The molecule has 1 heterocycles. The fourth-order valence-corrected chi connectivity index (χ4v) is 3.35. The number of aryl methyl sites for hydroxylation is 1. The highest BCUT2D eigenvalue weighted by Gasteiger charge is 2.25. The molecule has 6 nitrogen and oxygen atoms in total. The first kappa shape index (κ1) is 18.8. The number of amidine groups is 1. The molecule has 1 aliphatic heterocycles. The van der Waals surface area contributed by atoms with Crippen molar-refractivity contribution in [1.29, 1.82) is 0 Å². The molecule has 3 rings (SSSR count). The third kappa shape index (κ3) is 4.25. The maximum atomic E-state index is 12.4. The Labute approximate surface area is 162 Å². The van der Waals surface area contributed by atoms with E-state index < -0.39 is 0 Å². The van der Waals surface area contributed by atoms with Crippen LogP contribution in [0.25, 0.3) is 6.08 Å². The van der Waals surface area contributed by atoms with E-state index in [1.165, 1.54) is 11.8 Å². The van der Waals surface area contributed by atoms with E-state index in [0.717, 1.165) is 11.3 Å². The van der Waals surface area contributed by atoms with Crippen LogP contribution < -0.4 is 19.5 Å². The Morgan fingerprint density at radius 2 is 1.63 bits per heavy atom. The molecule has 0 radical (unpaired) electrons. The van der Waals surface area contributed by atoms with Crippen molar-refractivity contribution in [1.82, 2.24) is 5.32 Å². The van der Waals surface area contributed by atoms with E-state index in [1.54, 1.807) is 39.5 Å². The van der Waals surface area contributed by atoms with Crippen LogP contribution in [-0.2, 0) is 4.79 Å². The Hall–Kier alpha value is -2.93. The van der Waals surface area contributed by atoms with Gasteiger partial charge in [0.05, 0.1) is 37.5 Å². The second-order valence-corrected chi connectivity index (χ2v) is 6.79. The Morgan fingerprint density at radius 3 is 2.19 bits per heavy atom. The number of nitrogens with zero attached hydrogens (tertiary/aromatic N) is 1. The average molecular weight is 384 g/mol. The van der Waals surface area contributed by atoms with E-state index in [0.29, 0.717) is 32.9 Å². The van der Waals surface area contributed by atoms with Crippen LogP contribution >= 0.6 is 11.8 Å². The van der Waals surface area contributed by atoms with Gasteiger partial charge >= 0.3 is 0 Å². The van der Waals surface area contributed by atoms with Gasteiger partial charge in [-0.15, -0.1) is 0 Å². The zero-order valence-corrected chi connectivity index (χ0v) is 16.3. The monoisotopic (exact) mass is 384 g/mol. The molecule has 0 unspecified atom stereocenters. The number of methoxy groups -OCH3 is 3. The molecule has 2 aromatic carbocycles. The Balaban J connectivity index is 1.94. The van der Waals surface area contributed by atoms with Crippen molar-refractivity contribution in [3.8, 4) is 17.2 Å². The van der Waals surface area contributed by atoms with Gasteiger partial charge in [-0.3, -0.25) is 4.79 Å². The lowest BCUT2D eigenvalue weighted by Crippen LogP contribution is -2.19. The number of rotatable bonds is 5. The second-order valence-electron chi connectivity index (χ2n) is 5.76. The zero-order chi connectivity index (χ0) is 19.4. The number of hydrogen-bond acceptors (Lipinski definition) is 6. The van der Waals surface area contributed by atoms with Gasteiger partial charge in [0.2, 0.25) is 0 Å². The molecule has 2 aromatic rings. The number of nitrogens with one attached hydrogen (secondary N) is 1. The summed E-state index contributed by atoms with van der Waals surface area (Å²) in [6.45, 7) is 2.01. The number of amides is 1. The van der Waals surface area contributed by atoms with Crippen LogP contribution in [0.3, 0.4) is 0 Å². The molecule has 1 amide bonds. The van der Waals surface area contributed by atoms with E-state index in [9.17, 15) is 4.79 Å². The molecule has 0 atom stereocenters. The van der Waals surface area contributed by atoms with Crippen molar-refractivity contribution in [3.63, 3.8) is 0 Å². The van der Waals surface area contributed by atoms with Crippen molar-refractivity contribution in [2.24, 2.45) is 4.99 Å². The molecule has 1 fully saturated rings. The third-order valence-electron chi connectivity index (χ3n) is 3.94. The normalized spacial score (nSPS) is 16.5. The van der Waals surface area contributed by atoms with Crippen LogP contribution in [0.15, 0.2) is 46.3 Å². The topological polar surface area (TPSA) is 69.2 Å². The largest absolute Gasteiger partial charge is 0.496 e. The Kier molecular flexibility index (Phi) is 5.71. The van der Waals surface area contributed by atoms with Gasteiger partial charge in [0.15, 0.2) is 5.17 Å². The number of aliphatic imine (C=N–C) groups is 1. The molecule has 140 valence electrons. The van der Waals surface area contributed by atoms with Crippen LogP contribution in [0.5, 0.6) is 17.2 Å². The lowest BCUT2D eigenvalue weighted by atomic mass is 10.1. The standard InChI is InChI=1S/C20H20N2O4S/c1-12-5-7-13(8-6-12)21-20-22-19(23)18(27-20)11-15-16(25-3)9-14(24-2)10-17(15)26-4/h5-11H,1-4H3,(H,21,22,23)/b18-11-. The molecular formula is C20H20N2O4S. The van der Waals surface area contributed by atoms with E-state index in [2.05, 4.69) is 10.3 Å². The van der Waals surface area contributed by atoms with Crippen molar-refractivity contribution >= 4 is 34.6 Å². The SMILES string of the molecule is COc1cc(OC)c(/C=C2\SC(=Nc3ccc(C)cc3)NC2=O)c(OC)c1. The van der Waals surface area contributed by atoms with E-state index in [4.69, 9.17) is 14.2 Å². The Bertz CT molecular complexity index is 895. The maximum Gasteiger partial charge on any atom is 0.264 e. The molecule has 0 saturated carbocycles. The zero-order valence-electron chi connectivity index (χ0n) is 15.5. The fourth-order valence-electron chi connectivity index (χ4n) is 2.52. The summed E-state index contributed by atoms with van der Waals surface area (Å²) in [6.07, 6.45) is 1.73. The molecule has 0 aliphatic carbocycles. The Morgan fingerprint density at radius 1 is 1.00 bits per heavy atom. The summed E-state index contributed by atoms with van der Waals surface area (Å²) in [7, 11) is 4.69. The van der Waals surface area contributed by atoms with Gasteiger partial charge in [-0.05, 0) is 36.9 Å². The van der Waals surface area contributed by atoms with Crippen molar-refractivity contribution in [2.75, 3.05) is 21.3 Å².